The van der Waals surface area contributed by atoms with E-state index in [1.54, 1.807) is 11.8 Å². The molecule has 1 amide bonds. The molecular formula is C19H18BrN3OS. The Morgan fingerprint density at radius 2 is 2.08 bits per heavy atom. The minimum absolute atomic E-state index is 0.111. The Hall–Kier alpha value is -1.63. The Morgan fingerprint density at radius 1 is 1.24 bits per heavy atom. The predicted octanol–water partition coefficient (Wildman–Crippen LogP) is 3.40. The van der Waals surface area contributed by atoms with Crippen molar-refractivity contribution < 1.29 is 4.79 Å². The number of thioether (sulfide) groups is 1. The molecule has 1 saturated heterocycles. The Morgan fingerprint density at radius 3 is 2.88 bits per heavy atom. The van der Waals surface area contributed by atoms with Crippen molar-refractivity contribution in [3.8, 4) is 0 Å². The van der Waals surface area contributed by atoms with E-state index in [9.17, 15) is 4.79 Å². The standard InChI is InChI=1S/C19H18BrN3OS/c20-16-8-4-7-14(9-16)19-12-21-10-15(19)11-25-18(23-19)22-17(24)13-5-2-1-3-6-13/h1-9,15,21H,10-12H2,(H,22,23,24)/t15?,19-/m1/s1. The number of benzene rings is 2. The number of nitrogens with one attached hydrogen (secondary N) is 2. The van der Waals surface area contributed by atoms with Crippen molar-refractivity contribution in [1.82, 2.24) is 10.6 Å². The van der Waals surface area contributed by atoms with Gasteiger partial charge in [0.1, 0.15) is 5.54 Å². The molecule has 2 aliphatic rings. The van der Waals surface area contributed by atoms with Gasteiger partial charge in [-0.2, -0.15) is 0 Å². The molecule has 6 heteroatoms. The van der Waals surface area contributed by atoms with Crippen LogP contribution in [0.15, 0.2) is 64.1 Å². The molecule has 0 saturated carbocycles. The van der Waals surface area contributed by atoms with Gasteiger partial charge in [0.2, 0.25) is 0 Å². The van der Waals surface area contributed by atoms with Crippen LogP contribution >= 0.6 is 27.7 Å². The number of fused-ring (bicyclic) bond motifs is 1. The largest absolute Gasteiger partial charge is 0.314 e. The summed E-state index contributed by atoms with van der Waals surface area (Å²) in [7, 11) is 0. The van der Waals surface area contributed by atoms with E-state index in [4.69, 9.17) is 4.99 Å². The number of aliphatic imine (C=N–C) groups is 1. The summed E-state index contributed by atoms with van der Waals surface area (Å²) in [6, 6.07) is 17.6. The molecule has 128 valence electrons. The fourth-order valence-electron chi connectivity index (χ4n) is 3.45. The summed E-state index contributed by atoms with van der Waals surface area (Å²) >= 11 is 5.19. The van der Waals surface area contributed by atoms with Crippen LogP contribution in [0.5, 0.6) is 0 Å². The average Bonchev–Trinajstić information content (AvgIpc) is 3.07. The average molecular weight is 416 g/mol. The summed E-state index contributed by atoms with van der Waals surface area (Å²) in [5.74, 6) is 1.25. The Balaban J connectivity index is 1.66. The maximum absolute atomic E-state index is 12.5. The van der Waals surface area contributed by atoms with Gasteiger partial charge in [-0.1, -0.05) is 58.0 Å². The van der Waals surface area contributed by atoms with Crippen LogP contribution in [0.1, 0.15) is 15.9 Å². The van der Waals surface area contributed by atoms with Crippen LogP contribution < -0.4 is 10.6 Å². The molecule has 1 unspecified atom stereocenters. The van der Waals surface area contributed by atoms with Gasteiger partial charge in [-0.25, -0.2) is 4.99 Å². The second-order valence-corrected chi connectivity index (χ2v) is 8.23. The van der Waals surface area contributed by atoms with Crippen LogP contribution in [-0.4, -0.2) is 29.9 Å². The molecule has 4 rings (SSSR count). The van der Waals surface area contributed by atoms with Crippen molar-refractivity contribution in [2.24, 2.45) is 10.9 Å². The highest BCUT2D eigenvalue weighted by Gasteiger charge is 2.47. The second-order valence-electron chi connectivity index (χ2n) is 6.31. The van der Waals surface area contributed by atoms with Crippen LogP contribution in [0.25, 0.3) is 0 Å². The monoisotopic (exact) mass is 415 g/mol. The SMILES string of the molecule is O=C(NC1=N[C@@]2(c3cccc(Br)c3)CNCC2CS1)c1ccccc1. The predicted molar refractivity (Wildman–Crippen MR) is 106 cm³/mol. The lowest BCUT2D eigenvalue weighted by Gasteiger charge is -2.35. The van der Waals surface area contributed by atoms with Gasteiger partial charge in [0.05, 0.1) is 0 Å². The van der Waals surface area contributed by atoms with E-state index in [0.717, 1.165) is 23.3 Å². The number of amides is 1. The maximum atomic E-state index is 12.5. The van der Waals surface area contributed by atoms with E-state index < -0.39 is 0 Å². The summed E-state index contributed by atoms with van der Waals surface area (Å²) in [6.07, 6.45) is 0. The van der Waals surface area contributed by atoms with Gasteiger partial charge >= 0.3 is 0 Å². The molecule has 0 spiro atoms. The second kappa shape index (κ2) is 6.94. The molecule has 2 N–H and O–H groups in total. The van der Waals surface area contributed by atoms with Crippen molar-refractivity contribution in [1.29, 1.82) is 0 Å². The zero-order valence-electron chi connectivity index (χ0n) is 13.5. The van der Waals surface area contributed by atoms with Crippen LogP contribution in [-0.2, 0) is 5.54 Å². The number of amidine groups is 1. The highest BCUT2D eigenvalue weighted by molar-refractivity contribution is 9.10. The minimum Gasteiger partial charge on any atom is -0.314 e. The van der Waals surface area contributed by atoms with E-state index >= 15 is 0 Å². The van der Waals surface area contributed by atoms with Gasteiger partial charge in [0, 0.05) is 34.8 Å². The van der Waals surface area contributed by atoms with Crippen LogP contribution in [0.4, 0.5) is 0 Å². The first-order valence-electron chi connectivity index (χ1n) is 8.23. The quantitative estimate of drug-likeness (QED) is 0.789. The first-order chi connectivity index (χ1) is 12.2. The molecule has 2 atom stereocenters. The summed E-state index contributed by atoms with van der Waals surface area (Å²) in [6.45, 7) is 1.74. The molecular weight excluding hydrogens is 398 g/mol. The maximum Gasteiger partial charge on any atom is 0.257 e. The van der Waals surface area contributed by atoms with Crippen LogP contribution in [0, 0.1) is 5.92 Å². The third-order valence-corrected chi connectivity index (χ3v) is 6.29. The summed E-state index contributed by atoms with van der Waals surface area (Å²) in [5.41, 5.74) is 1.52. The third kappa shape index (κ3) is 3.26. The summed E-state index contributed by atoms with van der Waals surface area (Å²) in [4.78, 5) is 17.5. The first-order valence-corrected chi connectivity index (χ1v) is 10.0. The number of nitrogens with zero attached hydrogens (tertiary/aromatic N) is 1. The molecule has 2 heterocycles. The lowest BCUT2D eigenvalue weighted by molar-refractivity contribution is 0.0977. The molecule has 1 fully saturated rings. The van der Waals surface area contributed by atoms with Crippen molar-refractivity contribution in [2.75, 3.05) is 18.8 Å². The van der Waals surface area contributed by atoms with Gasteiger partial charge in [-0.15, -0.1) is 0 Å². The normalized spacial score (nSPS) is 25.2. The molecule has 25 heavy (non-hydrogen) atoms. The Labute approximate surface area is 159 Å². The highest BCUT2D eigenvalue weighted by atomic mass is 79.9. The van der Waals surface area contributed by atoms with Gasteiger partial charge in [0.25, 0.3) is 5.91 Å². The molecule has 2 aromatic rings. The van der Waals surface area contributed by atoms with Crippen molar-refractivity contribution in [3.63, 3.8) is 0 Å². The zero-order chi connectivity index (χ0) is 17.3. The van der Waals surface area contributed by atoms with E-state index in [0.29, 0.717) is 16.6 Å². The number of hydrogen-bond acceptors (Lipinski definition) is 4. The highest BCUT2D eigenvalue weighted by Crippen LogP contribution is 2.43. The Kier molecular flexibility index (Phi) is 4.67. The van der Waals surface area contributed by atoms with Crippen LogP contribution in [0.3, 0.4) is 0 Å². The molecule has 2 aromatic carbocycles. The van der Waals surface area contributed by atoms with Crippen molar-refractivity contribution in [2.45, 2.75) is 5.54 Å². The van der Waals surface area contributed by atoms with Gasteiger partial charge in [0.15, 0.2) is 5.17 Å². The number of hydrogen-bond donors (Lipinski definition) is 2. The molecule has 0 radical (unpaired) electrons. The van der Waals surface area contributed by atoms with Crippen molar-refractivity contribution in [3.05, 3.63) is 70.2 Å². The summed E-state index contributed by atoms with van der Waals surface area (Å²) < 4.78 is 1.05. The smallest absolute Gasteiger partial charge is 0.257 e. The molecule has 0 aromatic heterocycles. The lowest BCUT2D eigenvalue weighted by atomic mass is 9.82. The van der Waals surface area contributed by atoms with E-state index in [2.05, 4.69) is 38.7 Å². The van der Waals surface area contributed by atoms with Crippen molar-refractivity contribution >= 4 is 38.8 Å². The number of halogens is 1. The molecule has 0 bridgehead atoms. The number of carbonyl (C=O) groups excluding carboxylic acids is 1. The van der Waals surface area contributed by atoms with E-state index in [1.165, 1.54) is 5.56 Å². The van der Waals surface area contributed by atoms with Gasteiger partial charge in [-0.05, 0) is 29.8 Å². The number of carbonyl (C=O) groups is 1. The van der Waals surface area contributed by atoms with Gasteiger partial charge < -0.3 is 10.6 Å². The first kappa shape index (κ1) is 16.8. The van der Waals surface area contributed by atoms with E-state index in [1.807, 2.05) is 42.5 Å². The third-order valence-electron chi connectivity index (χ3n) is 4.76. The number of rotatable bonds is 2. The molecule has 4 nitrogen and oxygen atoms in total. The zero-order valence-corrected chi connectivity index (χ0v) is 15.9. The molecule has 2 aliphatic heterocycles. The summed E-state index contributed by atoms with van der Waals surface area (Å²) in [5, 5.41) is 7.17. The van der Waals surface area contributed by atoms with Gasteiger partial charge in [-0.3, -0.25) is 4.79 Å². The fourth-order valence-corrected chi connectivity index (χ4v) is 5.00. The minimum atomic E-state index is -0.311. The lowest BCUT2D eigenvalue weighted by Crippen LogP contribution is -2.42. The Bertz CT molecular complexity index is 826. The fraction of sp³-hybridized carbons (Fsp3) is 0.263. The van der Waals surface area contributed by atoms with E-state index in [-0.39, 0.29) is 11.4 Å². The van der Waals surface area contributed by atoms with Crippen LogP contribution in [0.2, 0.25) is 0 Å². The topological polar surface area (TPSA) is 53.5 Å². The molecule has 0 aliphatic carbocycles.